The standard InChI is InChI=1S/C15H21ClN2O2/c1-11-9-18(10-12(2)17-11)15(19)7-8-20-14-5-3-13(16)4-6-14/h3-6,11-12,17H,7-10H2,1-2H3/t11-,12-/m1/s1. The van der Waals surface area contributed by atoms with Crippen LogP contribution in [0.25, 0.3) is 0 Å². The molecule has 0 spiro atoms. The molecule has 0 unspecified atom stereocenters. The zero-order valence-corrected chi connectivity index (χ0v) is 12.7. The van der Waals surface area contributed by atoms with Crippen LogP contribution in [-0.4, -0.2) is 42.6 Å². The van der Waals surface area contributed by atoms with Crippen LogP contribution in [0.4, 0.5) is 0 Å². The largest absolute Gasteiger partial charge is 0.493 e. The van der Waals surface area contributed by atoms with Gasteiger partial charge in [0, 0.05) is 30.2 Å². The van der Waals surface area contributed by atoms with Crippen molar-refractivity contribution in [2.75, 3.05) is 19.7 Å². The van der Waals surface area contributed by atoms with Gasteiger partial charge in [-0.3, -0.25) is 4.79 Å². The number of benzene rings is 1. The number of piperazine rings is 1. The van der Waals surface area contributed by atoms with E-state index in [1.807, 2.05) is 17.0 Å². The summed E-state index contributed by atoms with van der Waals surface area (Å²) in [5.41, 5.74) is 0. The van der Waals surface area contributed by atoms with Crippen LogP contribution in [0.5, 0.6) is 5.75 Å². The van der Waals surface area contributed by atoms with Gasteiger partial charge >= 0.3 is 0 Å². The van der Waals surface area contributed by atoms with Gasteiger partial charge in [0.1, 0.15) is 5.75 Å². The Morgan fingerprint density at radius 3 is 2.50 bits per heavy atom. The molecule has 1 N–H and O–H groups in total. The highest BCUT2D eigenvalue weighted by Crippen LogP contribution is 2.15. The van der Waals surface area contributed by atoms with Crippen LogP contribution in [0.3, 0.4) is 0 Å². The number of carbonyl (C=O) groups excluding carboxylic acids is 1. The number of nitrogens with one attached hydrogen (secondary N) is 1. The zero-order chi connectivity index (χ0) is 14.5. The lowest BCUT2D eigenvalue weighted by molar-refractivity contribution is -0.133. The van der Waals surface area contributed by atoms with Crippen molar-refractivity contribution in [3.05, 3.63) is 29.3 Å². The Hall–Kier alpha value is -1.26. The third-order valence-corrected chi connectivity index (χ3v) is 3.56. The summed E-state index contributed by atoms with van der Waals surface area (Å²) in [7, 11) is 0. The normalized spacial score (nSPS) is 22.6. The Balaban J connectivity index is 1.76. The molecule has 1 aliphatic rings. The van der Waals surface area contributed by atoms with Gasteiger partial charge in [0.05, 0.1) is 13.0 Å². The number of rotatable bonds is 4. The van der Waals surface area contributed by atoms with Gasteiger partial charge in [-0.2, -0.15) is 0 Å². The van der Waals surface area contributed by atoms with Crippen molar-refractivity contribution in [3.63, 3.8) is 0 Å². The molecule has 0 saturated carbocycles. The number of nitrogens with zero attached hydrogens (tertiary/aromatic N) is 1. The number of ether oxygens (including phenoxy) is 1. The fraction of sp³-hybridized carbons (Fsp3) is 0.533. The summed E-state index contributed by atoms with van der Waals surface area (Å²) in [6.07, 6.45) is 0.405. The highest BCUT2D eigenvalue weighted by molar-refractivity contribution is 6.30. The van der Waals surface area contributed by atoms with Gasteiger partial charge < -0.3 is 15.0 Å². The van der Waals surface area contributed by atoms with Crippen molar-refractivity contribution in [1.82, 2.24) is 10.2 Å². The van der Waals surface area contributed by atoms with E-state index in [0.29, 0.717) is 30.1 Å². The summed E-state index contributed by atoms with van der Waals surface area (Å²) in [5, 5.41) is 4.09. The van der Waals surface area contributed by atoms with Crippen molar-refractivity contribution in [2.24, 2.45) is 0 Å². The Bertz CT molecular complexity index is 440. The maximum atomic E-state index is 12.1. The molecule has 5 heteroatoms. The fourth-order valence-corrected chi connectivity index (χ4v) is 2.60. The molecule has 1 aromatic carbocycles. The summed E-state index contributed by atoms with van der Waals surface area (Å²) in [6.45, 7) is 6.13. The van der Waals surface area contributed by atoms with Crippen molar-refractivity contribution in [2.45, 2.75) is 32.4 Å². The molecule has 1 fully saturated rings. The summed E-state index contributed by atoms with van der Waals surface area (Å²) in [4.78, 5) is 14.0. The van der Waals surface area contributed by atoms with Crippen LogP contribution in [0.2, 0.25) is 5.02 Å². The van der Waals surface area contributed by atoms with Gasteiger partial charge in [-0.1, -0.05) is 11.6 Å². The van der Waals surface area contributed by atoms with Gasteiger partial charge in [-0.25, -0.2) is 0 Å². The molecule has 1 amide bonds. The minimum absolute atomic E-state index is 0.152. The van der Waals surface area contributed by atoms with E-state index in [0.717, 1.165) is 18.8 Å². The Kier molecular flexibility index (Phi) is 5.26. The molecule has 0 aliphatic carbocycles. The second-order valence-electron chi connectivity index (χ2n) is 5.32. The molecule has 1 heterocycles. The molecule has 0 aromatic heterocycles. The van der Waals surface area contributed by atoms with Gasteiger partial charge in [0.15, 0.2) is 0 Å². The molecule has 0 radical (unpaired) electrons. The molecule has 110 valence electrons. The molecular weight excluding hydrogens is 276 g/mol. The summed E-state index contributed by atoms with van der Waals surface area (Å²) in [5.74, 6) is 0.892. The summed E-state index contributed by atoms with van der Waals surface area (Å²) < 4.78 is 5.55. The number of carbonyl (C=O) groups is 1. The second-order valence-corrected chi connectivity index (χ2v) is 5.76. The second kappa shape index (κ2) is 6.95. The van der Waals surface area contributed by atoms with Crippen LogP contribution in [0.15, 0.2) is 24.3 Å². The van der Waals surface area contributed by atoms with Crippen LogP contribution in [0, 0.1) is 0 Å². The monoisotopic (exact) mass is 296 g/mol. The highest BCUT2D eigenvalue weighted by atomic mass is 35.5. The van der Waals surface area contributed by atoms with E-state index < -0.39 is 0 Å². The average Bonchev–Trinajstić information content (AvgIpc) is 2.40. The Morgan fingerprint density at radius 1 is 1.30 bits per heavy atom. The highest BCUT2D eigenvalue weighted by Gasteiger charge is 2.24. The molecule has 2 atom stereocenters. The van der Waals surface area contributed by atoms with E-state index >= 15 is 0 Å². The predicted octanol–water partition coefficient (Wildman–Crippen LogP) is 2.32. The van der Waals surface area contributed by atoms with Gasteiger partial charge in [-0.15, -0.1) is 0 Å². The zero-order valence-electron chi connectivity index (χ0n) is 11.9. The lowest BCUT2D eigenvalue weighted by Crippen LogP contribution is -2.56. The quantitative estimate of drug-likeness (QED) is 0.927. The molecular formula is C15H21ClN2O2. The number of amides is 1. The van der Waals surface area contributed by atoms with Crippen LogP contribution in [0.1, 0.15) is 20.3 Å². The predicted molar refractivity (Wildman–Crippen MR) is 80.2 cm³/mol. The first-order valence-electron chi connectivity index (χ1n) is 6.97. The first-order valence-corrected chi connectivity index (χ1v) is 7.34. The van der Waals surface area contributed by atoms with Crippen LogP contribution in [-0.2, 0) is 4.79 Å². The van der Waals surface area contributed by atoms with E-state index in [1.165, 1.54) is 0 Å². The smallest absolute Gasteiger partial charge is 0.226 e. The van der Waals surface area contributed by atoms with Gasteiger partial charge in [0.25, 0.3) is 0 Å². The first-order chi connectivity index (χ1) is 9.54. The first kappa shape index (κ1) is 15.1. The SMILES string of the molecule is C[C@@H]1CN(C(=O)CCOc2ccc(Cl)cc2)C[C@@H](C)N1. The maximum Gasteiger partial charge on any atom is 0.226 e. The van der Waals surface area contributed by atoms with Crippen molar-refractivity contribution < 1.29 is 9.53 Å². The van der Waals surface area contributed by atoms with E-state index in [-0.39, 0.29) is 5.91 Å². The molecule has 20 heavy (non-hydrogen) atoms. The minimum Gasteiger partial charge on any atom is -0.493 e. The van der Waals surface area contributed by atoms with E-state index in [2.05, 4.69) is 19.2 Å². The summed E-state index contributed by atoms with van der Waals surface area (Å²) in [6, 6.07) is 7.86. The van der Waals surface area contributed by atoms with E-state index in [4.69, 9.17) is 16.3 Å². The minimum atomic E-state index is 0.152. The molecule has 4 nitrogen and oxygen atoms in total. The molecule has 1 aliphatic heterocycles. The van der Waals surface area contributed by atoms with Crippen LogP contribution >= 0.6 is 11.6 Å². The maximum absolute atomic E-state index is 12.1. The molecule has 2 rings (SSSR count). The number of hydrogen-bond acceptors (Lipinski definition) is 3. The average molecular weight is 297 g/mol. The van der Waals surface area contributed by atoms with Crippen molar-refractivity contribution in [1.29, 1.82) is 0 Å². The van der Waals surface area contributed by atoms with Crippen molar-refractivity contribution >= 4 is 17.5 Å². The van der Waals surface area contributed by atoms with E-state index in [1.54, 1.807) is 12.1 Å². The van der Waals surface area contributed by atoms with Gasteiger partial charge in [-0.05, 0) is 38.1 Å². The van der Waals surface area contributed by atoms with Gasteiger partial charge in [0.2, 0.25) is 5.91 Å². The number of hydrogen-bond donors (Lipinski definition) is 1. The fourth-order valence-electron chi connectivity index (χ4n) is 2.48. The Labute approximate surface area is 125 Å². The lowest BCUT2D eigenvalue weighted by Gasteiger charge is -2.36. The Morgan fingerprint density at radius 2 is 1.90 bits per heavy atom. The molecule has 1 saturated heterocycles. The lowest BCUT2D eigenvalue weighted by atomic mass is 10.1. The molecule has 1 aromatic rings. The summed E-state index contributed by atoms with van der Waals surface area (Å²) >= 11 is 5.80. The molecule has 0 bridgehead atoms. The van der Waals surface area contributed by atoms with Crippen LogP contribution < -0.4 is 10.1 Å². The third kappa shape index (κ3) is 4.39. The van der Waals surface area contributed by atoms with Crippen molar-refractivity contribution in [3.8, 4) is 5.75 Å². The topological polar surface area (TPSA) is 41.6 Å². The van der Waals surface area contributed by atoms with E-state index in [9.17, 15) is 4.79 Å². The third-order valence-electron chi connectivity index (χ3n) is 3.31. The number of halogens is 1.